The van der Waals surface area contributed by atoms with Crippen LogP contribution in [0.2, 0.25) is 0 Å². The van der Waals surface area contributed by atoms with E-state index in [1.165, 1.54) is 0 Å². The molecule has 0 spiro atoms. The van der Waals surface area contributed by atoms with Crippen molar-refractivity contribution in [1.82, 2.24) is 0 Å². The molecule has 3 fully saturated rings. The first-order chi connectivity index (χ1) is 5.56. The maximum atomic E-state index is 10.9. The molecule has 12 heavy (non-hydrogen) atoms. The van der Waals surface area contributed by atoms with Crippen LogP contribution in [0, 0.1) is 0 Å². The quantitative estimate of drug-likeness (QED) is 0.587. The summed E-state index contributed by atoms with van der Waals surface area (Å²) in [6.07, 6.45) is 2.69. The highest BCUT2D eigenvalue weighted by Gasteiger charge is 2.52. The van der Waals surface area contributed by atoms with Gasteiger partial charge in [-0.25, -0.2) is 4.79 Å². The summed E-state index contributed by atoms with van der Waals surface area (Å²) in [5.41, 5.74) is 4.80. The van der Waals surface area contributed by atoms with Crippen molar-refractivity contribution in [2.75, 3.05) is 6.61 Å². The zero-order chi connectivity index (χ0) is 8.82. The normalized spacial score (nSPS) is 46.1. The van der Waals surface area contributed by atoms with Crippen molar-refractivity contribution in [3.05, 3.63) is 0 Å². The molecule has 3 rings (SSSR count). The second-order valence-electron chi connectivity index (χ2n) is 3.95. The Labute approximate surface area is 70.7 Å². The maximum absolute atomic E-state index is 10.9. The van der Waals surface area contributed by atoms with Crippen molar-refractivity contribution in [3.63, 3.8) is 0 Å². The Kier molecular flexibility index (Phi) is 1.47. The molecule has 1 aliphatic carbocycles. The number of aliphatic carboxylic acids is 1. The number of nitrogens with two attached hydrogens (primary N) is 1. The summed E-state index contributed by atoms with van der Waals surface area (Å²) in [6.45, 7) is 0.402. The minimum Gasteiger partial charge on any atom is -0.479 e. The first-order valence-corrected chi connectivity index (χ1v) is 4.23. The Morgan fingerprint density at radius 2 is 1.92 bits per heavy atom. The molecular formula is C8H13NO3. The lowest BCUT2D eigenvalue weighted by atomic mass is 9.72. The van der Waals surface area contributed by atoms with Crippen molar-refractivity contribution < 1.29 is 14.6 Å². The van der Waals surface area contributed by atoms with Gasteiger partial charge in [0.25, 0.3) is 0 Å². The summed E-state index contributed by atoms with van der Waals surface area (Å²) < 4.78 is 5.30. The average Bonchev–Trinajstić information content (AvgIpc) is 2.06. The third-order valence-corrected chi connectivity index (χ3v) is 3.08. The first-order valence-electron chi connectivity index (χ1n) is 4.23. The van der Waals surface area contributed by atoms with Gasteiger partial charge in [0.1, 0.15) is 0 Å². The maximum Gasteiger partial charge on any atom is 0.335 e. The van der Waals surface area contributed by atoms with Gasteiger partial charge in [-0.05, 0) is 25.7 Å². The van der Waals surface area contributed by atoms with Gasteiger partial charge >= 0.3 is 5.97 Å². The van der Waals surface area contributed by atoms with Crippen LogP contribution in [0.15, 0.2) is 0 Å². The topological polar surface area (TPSA) is 72.6 Å². The minimum atomic E-state index is -0.902. The van der Waals surface area contributed by atoms with Gasteiger partial charge in [0.15, 0.2) is 5.60 Å². The number of hydrogen-bond donors (Lipinski definition) is 2. The van der Waals surface area contributed by atoms with E-state index in [4.69, 9.17) is 15.6 Å². The molecule has 68 valence electrons. The molecule has 2 bridgehead atoms. The highest BCUT2D eigenvalue weighted by molar-refractivity contribution is 5.78. The minimum absolute atomic E-state index is 0.239. The van der Waals surface area contributed by atoms with Gasteiger partial charge < -0.3 is 15.6 Å². The highest BCUT2D eigenvalue weighted by Crippen LogP contribution is 2.42. The molecule has 2 heterocycles. The Hall–Kier alpha value is -0.610. The van der Waals surface area contributed by atoms with Gasteiger partial charge in [-0.2, -0.15) is 0 Å². The number of carboxylic acid groups (broad SMARTS) is 1. The van der Waals surface area contributed by atoms with Crippen molar-refractivity contribution in [2.45, 2.75) is 36.8 Å². The molecule has 2 saturated heterocycles. The van der Waals surface area contributed by atoms with Gasteiger partial charge in [0.2, 0.25) is 0 Å². The van der Waals surface area contributed by atoms with Crippen LogP contribution in [0.4, 0.5) is 0 Å². The summed E-state index contributed by atoms with van der Waals surface area (Å²) >= 11 is 0. The van der Waals surface area contributed by atoms with Crippen LogP contribution in [0.1, 0.15) is 25.7 Å². The predicted molar refractivity (Wildman–Crippen MR) is 41.7 cm³/mol. The number of carboxylic acids is 1. The summed E-state index contributed by atoms with van der Waals surface area (Å²) in [5, 5.41) is 8.93. The molecule has 0 aromatic rings. The molecule has 4 heteroatoms. The molecule has 3 N–H and O–H groups in total. The number of hydrogen-bond acceptors (Lipinski definition) is 3. The van der Waals surface area contributed by atoms with Crippen LogP contribution >= 0.6 is 0 Å². The zero-order valence-corrected chi connectivity index (χ0v) is 6.88. The van der Waals surface area contributed by atoms with E-state index in [1.54, 1.807) is 0 Å². The molecule has 4 nitrogen and oxygen atoms in total. The molecule has 0 amide bonds. The number of carbonyl (C=O) groups is 1. The van der Waals surface area contributed by atoms with Crippen molar-refractivity contribution >= 4 is 5.97 Å². The smallest absolute Gasteiger partial charge is 0.335 e. The van der Waals surface area contributed by atoms with Crippen molar-refractivity contribution in [1.29, 1.82) is 0 Å². The van der Waals surface area contributed by atoms with Crippen LogP contribution in [0.5, 0.6) is 0 Å². The molecule has 0 radical (unpaired) electrons. The highest BCUT2D eigenvalue weighted by atomic mass is 16.5. The third kappa shape index (κ3) is 0.949. The van der Waals surface area contributed by atoms with E-state index in [1.807, 2.05) is 0 Å². The van der Waals surface area contributed by atoms with Crippen LogP contribution in [-0.4, -0.2) is 28.8 Å². The first kappa shape index (κ1) is 8.01. The van der Waals surface area contributed by atoms with Crippen LogP contribution < -0.4 is 5.73 Å². The Morgan fingerprint density at radius 3 is 2.25 bits per heavy atom. The number of fused-ring (bicyclic) bond motifs is 3. The summed E-state index contributed by atoms with van der Waals surface area (Å²) in [6, 6.07) is 0. The van der Waals surface area contributed by atoms with E-state index in [0.717, 1.165) is 12.8 Å². The number of rotatable bonds is 1. The third-order valence-electron chi connectivity index (χ3n) is 3.08. The Morgan fingerprint density at radius 1 is 1.33 bits per heavy atom. The van der Waals surface area contributed by atoms with E-state index in [-0.39, 0.29) is 5.54 Å². The molecular weight excluding hydrogens is 158 g/mol. The average molecular weight is 171 g/mol. The summed E-state index contributed by atoms with van der Waals surface area (Å²) in [7, 11) is 0. The van der Waals surface area contributed by atoms with Gasteiger partial charge in [0, 0.05) is 5.54 Å². The summed E-state index contributed by atoms with van der Waals surface area (Å²) in [5.74, 6) is -0.829. The SMILES string of the molecule is NC12CCC(C(=O)O)(CC1)OC2. The largest absolute Gasteiger partial charge is 0.479 e. The molecule has 2 aliphatic heterocycles. The monoisotopic (exact) mass is 171 g/mol. The fraction of sp³-hybridized carbons (Fsp3) is 0.875. The zero-order valence-electron chi connectivity index (χ0n) is 6.88. The van der Waals surface area contributed by atoms with Crippen molar-refractivity contribution in [2.24, 2.45) is 5.73 Å². The van der Waals surface area contributed by atoms with Gasteiger partial charge in [0.05, 0.1) is 6.61 Å². The van der Waals surface area contributed by atoms with Crippen LogP contribution in [-0.2, 0) is 9.53 Å². The van der Waals surface area contributed by atoms with Crippen LogP contribution in [0.25, 0.3) is 0 Å². The van der Waals surface area contributed by atoms with E-state index in [0.29, 0.717) is 19.4 Å². The van der Waals surface area contributed by atoms with Gasteiger partial charge in [-0.3, -0.25) is 0 Å². The second-order valence-corrected chi connectivity index (χ2v) is 3.95. The lowest BCUT2D eigenvalue weighted by Gasteiger charge is -2.48. The molecule has 0 atom stereocenters. The van der Waals surface area contributed by atoms with E-state index in [2.05, 4.69) is 0 Å². The van der Waals surface area contributed by atoms with Crippen LogP contribution in [0.3, 0.4) is 0 Å². The van der Waals surface area contributed by atoms with Gasteiger partial charge in [-0.1, -0.05) is 0 Å². The number of ether oxygens (including phenoxy) is 1. The van der Waals surface area contributed by atoms with E-state index >= 15 is 0 Å². The predicted octanol–water partition coefficient (Wildman–Crippen LogP) is 0.111. The lowest BCUT2D eigenvalue weighted by Crippen LogP contribution is -2.62. The van der Waals surface area contributed by atoms with Crippen molar-refractivity contribution in [3.8, 4) is 0 Å². The molecule has 0 aromatic carbocycles. The van der Waals surface area contributed by atoms with E-state index < -0.39 is 11.6 Å². The summed E-state index contributed by atoms with van der Waals surface area (Å²) in [4.78, 5) is 10.9. The van der Waals surface area contributed by atoms with E-state index in [9.17, 15) is 4.79 Å². The molecule has 1 saturated carbocycles. The molecule has 0 unspecified atom stereocenters. The Bertz CT molecular complexity index is 202. The van der Waals surface area contributed by atoms with Gasteiger partial charge in [-0.15, -0.1) is 0 Å². The second kappa shape index (κ2) is 2.20. The fourth-order valence-electron chi connectivity index (χ4n) is 2.00. The molecule has 3 aliphatic rings. The fourth-order valence-corrected chi connectivity index (χ4v) is 2.00. The molecule has 0 aromatic heterocycles. The standard InChI is InChI=1S/C8H13NO3/c9-7-1-3-8(4-2-7,6(10)11)12-5-7/h1-5,9H2,(H,10,11). The lowest BCUT2D eigenvalue weighted by molar-refractivity contribution is -0.193. The Balaban J connectivity index is 2.20.